The Hall–Kier alpha value is -4.94. The summed E-state index contributed by atoms with van der Waals surface area (Å²) in [7, 11) is 0. The maximum atomic E-state index is 13.8. The third kappa shape index (κ3) is 8.35. The molecular weight excluding hydrogens is 693 g/mol. The summed E-state index contributed by atoms with van der Waals surface area (Å²) in [5.74, 6) is 4.15. The molecule has 2 aromatic carbocycles. The van der Waals surface area contributed by atoms with E-state index < -0.39 is 0 Å². The zero-order valence-corrected chi connectivity index (χ0v) is 32.5. The number of carbonyl (C=O) groups is 1. The van der Waals surface area contributed by atoms with E-state index in [0.717, 1.165) is 97.6 Å². The average Bonchev–Trinajstić information content (AvgIpc) is 3.81. The van der Waals surface area contributed by atoms with Crippen LogP contribution >= 0.6 is 0 Å². The lowest BCUT2D eigenvalue weighted by Gasteiger charge is -2.32. The van der Waals surface area contributed by atoms with Gasteiger partial charge in [-0.3, -0.25) is 14.6 Å². The second-order valence-electron chi connectivity index (χ2n) is 16.4. The van der Waals surface area contributed by atoms with Crippen LogP contribution in [0.25, 0.3) is 11.3 Å². The lowest BCUT2D eigenvalue weighted by Crippen LogP contribution is -2.38. The Kier molecular flexibility index (Phi) is 10.8. The second kappa shape index (κ2) is 16.0. The molecule has 12 heteroatoms. The van der Waals surface area contributed by atoms with Crippen LogP contribution in [-0.2, 0) is 10.2 Å². The van der Waals surface area contributed by atoms with Gasteiger partial charge in [-0.25, -0.2) is 9.48 Å². The standard InChI is InChI=1S/C43H54N8O4/c1-29-10-5-6-13-33(29)41-47-46-39-19-16-32(28-50(39)41)55-37-18-17-36(34-14-7-8-15-35(34)37)44-42(52)45-40-27-38(43(2,3)4)48-51(40)30-11-9-12-31(26-30)54-25-22-49-20-23-53-24-21-49/h7-9,11-12,14-16,19,26-29,33,36-37H,5-6,10,13,17-18,20-25H2,1-4H3,(H2,44,45,52)/t29-,33?,36-,37+/m0/s1. The molecule has 1 saturated carbocycles. The van der Waals surface area contributed by atoms with Gasteiger partial charge in [0.15, 0.2) is 5.65 Å². The van der Waals surface area contributed by atoms with Crippen LogP contribution in [0.3, 0.4) is 0 Å². The molecule has 12 nitrogen and oxygen atoms in total. The SMILES string of the molecule is C[C@H]1CCCCC1c1nnc2ccc(O[C@@H]3CC[C@H](NC(=O)Nc4cc(C(C)(C)C)nn4-c4cccc(OCCN5CCOCC5)c4)c4ccccc43)cn12. The molecule has 3 aromatic heterocycles. The van der Waals surface area contributed by atoms with Gasteiger partial charge in [-0.15, -0.1) is 10.2 Å². The molecule has 1 aliphatic heterocycles. The molecule has 1 unspecified atom stereocenters. The van der Waals surface area contributed by atoms with Crippen molar-refractivity contribution in [3.8, 4) is 17.2 Å². The highest BCUT2D eigenvalue weighted by molar-refractivity contribution is 5.89. The number of benzene rings is 2. The zero-order chi connectivity index (χ0) is 37.9. The molecule has 2 amide bonds. The van der Waals surface area contributed by atoms with E-state index in [4.69, 9.17) is 19.3 Å². The highest BCUT2D eigenvalue weighted by Gasteiger charge is 2.31. The van der Waals surface area contributed by atoms with E-state index in [2.05, 4.69) is 76.2 Å². The number of carbonyl (C=O) groups excluding carboxylic acids is 1. The normalized spacial score (nSPS) is 21.9. The Balaban J connectivity index is 0.961. The lowest BCUT2D eigenvalue weighted by molar-refractivity contribution is 0.0322. The van der Waals surface area contributed by atoms with Crippen LogP contribution < -0.4 is 20.1 Å². The van der Waals surface area contributed by atoms with Gasteiger partial charge >= 0.3 is 6.03 Å². The second-order valence-corrected chi connectivity index (χ2v) is 16.4. The van der Waals surface area contributed by atoms with E-state index in [1.54, 1.807) is 4.68 Å². The maximum Gasteiger partial charge on any atom is 0.320 e. The smallest absolute Gasteiger partial charge is 0.320 e. The topological polar surface area (TPSA) is 120 Å². The predicted octanol–water partition coefficient (Wildman–Crippen LogP) is 7.99. The van der Waals surface area contributed by atoms with Crippen LogP contribution in [-0.4, -0.2) is 74.8 Å². The highest BCUT2D eigenvalue weighted by atomic mass is 16.5. The predicted molar refractivity (Wildman–Crippen MR) is 212 cm³/mol. The van der Waals surface area contributed by atoms with Gasteiger partial charge in [-0.2, -0.15) is 5.10 Å². The number of urea groups is 1. The van der Waals surface area contributed by atoms with Crippen molar-refractivity contribution in [1.82, 2.24) is 34.6 Å². The van der Waals surface area contributed by atoms with Gasteiger partial charge in [0, 0.05) is 43.1 Å². The van der Waals surface area contributed by atoms with Gasteiger partial charge in [0.25, 0.3) is 0 Å². The van der Waals surface area contributed by atoms with Crippen LogP contribution in [0.15, 0.2) is 72.9 Å². The fraction of sp³-hybridized carbons (Fsp3) is 0.488. The van der Waals surface area contributed by atoms with E-state index in [1.165, 1.54) is 19.3 Å². The molecule has 8 rings (SSSR count). The van der Waals surface area contributed by atoms with Crippen molar-refractivity contribution in [2.24, 2.45) is 5.92 Å². The number of anilines is 1. The summed E-state index contributed by atoms with van der Waals surface area (Å²) >= 11 is 0. The number of hydrogen-bond acceptors (Lipinski definition) is 8. The van der Waals surface area contributed by atoms with E-state index in [1.807, 2.05) is 54.6 Å². The molecule has 0 bridgehead atoms. The Morgan fingerprint density at radius 1 is 0.909 bits per heavy atom. The molecule has 1 saturated heterocycles. The van der Waals surface area contributed by atoms with Crippen molar-refractivity contribution >= 4 is 17.5 Å². The molecular formula is C43H54N8O4. The fourth-order valence-electron chi connectivity index (χ4n) is 8.27. The van der Waals surface area contributed by atoms with Crippen LogP contribution in [0, 0.1) is 5.92 Å². The van der Waals surface area contributed by atoms with Crippen LogP contribution in [0.4, 0.5) is 10.6 Å². The molecule has 2 aliphatic carbocycles. The average molecular weight is 747 g/mol. The largest absolute Gasteiger partial charge is 0.492 e. The van der Waals surface area contributed by atoms with Gasteiger partial charge in [-0.05, 0) is 60.6 Å². The molecule has 55 heavy (non-hydrogen) atoms. The van der Waals surface area contributed by atoms with Gasteiger partial charge in [0.1, 0.15) is 35.9 Å². The van der Waals surface area contributed by atoms with Crippen molar-refractivity contribution in [1.29, 1.82) is 0 Å². The van der Waals surface area contributed by atoms with Crippen molar-refractivity contribution in [2.45, 2.75) is 89.7 Å². The van der Waals surface area contributed by atoms with Gasteiger partial charge in [0.05, 0.1) is 36.8 Å². The van der Waals surface area contributed by atoms with E-state index >= 15 is 0 Å². The fourth-order valence-corrected chi connectivity index (χ4v) is 8.27. The third-order valence-electron chi connectivity index (χ3n) is 11.4. The maximum absolute atomic E-state index is 13.8. The van der Waals surface area contributed by atoms with Crippen LogP contribution in [0.2, 0.25) is 0 Å². The number of ether oxygens (including phenoxy) is 3. The third-order valence-corrected chi connectivity index (χ3v) is 11.4. The van der Waals surface area contributed by atoms with Crippen LogP contribution in [0.5, 0.6) is 11.5 Å². The molecule has 290 valence electrons. The van der Waals surface area contributed by atoms with Gasteiger partial charge in [0.2, 0.25) is 0 Å². The molecule has 0 spiro atoms. The summed E-state index contributed by atoms with van der Waals surface area (Å²) in [6.07, 6.45) is 8.26. The Morgan fingerprint density at radius 3 is 2.55 bits per heavy atom. The number of nitrogens with one attached hydrogen (secondary N) is 2. The van der Waals surface area contributed by atoms with E-state index in [-0.39, 0.29) is 23.6 Å². The number of morpholine rings is 1. The number of nitrogens with zero attached hydrogens (tertiary/aromatic N) is 6. The molecule has 0 radical (unpaired) electrons. The Labute approximate surface area is 323 Å². The minimum Gasteiger partial charge on any atom is -0.492 e. The van der Waals surface area contributed by atoms with Gasteiger partial charge in [-0.1, -0.05) is 77.3 Å². The molecule has 5 aromatic rings. The Morgan fingerprint density at radius 2 is 1.73 bits per heavy atom. The van der Waals surface area contributed by atoms with E-state index in [9.17, 15) is 4.79 Å². The first-order valence-corrected chi connectivity index (χ1v) is 20.0. The minimum absolute atomic E-state index is 0.151. The summed E-state index contributed by atoms with van der Waals surface area (Å²) in [6, 6.07) is 21.6. The minimum atomic E-state index is -0.291. The first kappa shape index (κ1) is 37.0. The summed E-state index contributed by atoms with van der Waals surface area (Å²) in [5, 5.41) is 20.5. The molecule has 4 atom stereocenters. The summed E-state index contributed by atoms with van der Waals surface area (Å²) < 4.78 is 22.2. The van der Waals surface area contributed by atoms with Crippen molar-refractivity contribution < 1.29 is 19.0 Å². The number of fused-ring (bicyclic) bond motifs is 2. The first-order valence-electron chi connectivity index (χ1n) is 20.0. The zero-order valence-electron chi connectivity index (χ0n) is 32.5. The quantitative estimate of drug-likeness (QED) is 0.148. The summed E-state index contributed by atoms with van der Waals surface area (Å²) in [4.78, 5) is 16.2. The number of hydrogen-bond donors (Lipinski definition) is 2. The monoisotopic (exact) mass is 746 g/mol. The number of pyridine rings is 1. The number of rotatable bonds is 10. The lowest BCUT2D eigenvalue weighted by atomic mass is 9.80. The Bertz CT molecular complexity index is 2100. The van der Waals surface area contributed by atoms with Crippen molar-refractivity contribution in [3.63, 3.8) is 0 Å². The summed E-state index contributed by atoms with van der Waals surface area (Å²) in [6.45, 7) is 13.5. The molecule has 2 fully saturated rings. The van der Waals surface area contributed by atoms with Crippen molar-refractivity contribution in [3.05, 3.63) is 95.6 Å². The number of aromatic nitrogens is 5. The van der Waals surface area contributed by atoms with Crippen molar-refractivity contribution in [2.75, 3.05) is 44.8 Å². The first-order chi connectivity index (χ1) is 26.7. The van der Waals surface area contributed by atoms with Crippen LogP contribution in [0.1, 0.15) is 107 Å². The van der Waals surface area contributed by atoms with Gasteiger partial charge < -0.3 is 19.5 Å². The summed E-state index contributed by atoms with van der Waals surface area (Å²) in [5.41, 5.74) is 4.43. The molecule has 3 aliphatic rings. The molecule has 2 N–H and O–H groups in total. The van der Waals surface area contributed by atoms with E-state index in [0.29, 0.717) is 24.3 Å². The highest BCUT2D eigenvalue weighted by Crippen LogP contribution is 2.40. The number of amides is 2. The molecule has 4 heterocycles.